The summed E-state index contributed by atoms with van der Waals surface area (Å²) in [6.45, 7) is 0.429. The van der Waals surface area contributed by atoms with Gasteiger partial charge in [-0.1, -0.05) is 17.4 Å². The van der Waals surface area contributed by atoms with Crippen molar-refractivity contribution in [1.82, 2.24) is 29.5 Å². The second kappa shape index (κ2) is 7.18. The first-order valence-corrected chi connectivity index (χ1v) is 9.50. The van der Waals surface area contributed by atoms with Crippen molar-refractivity contribution >= 4 is 28.1 Å². The molecule has 1 saturated heterocycles. The highest BCUT2D eigenvalue weighted by Crippen LogP contribution is 2.36. The summed E-state index contributed by atoms with van der Waals surface area (Å²) < 4.78 is 51.8. The third kappa shape index (κ3) is 3.52. The van der Waals surface area contributed by atoms with Crippen LogP contribution in [-0.2, 0) is 10.9 Å². The van der Waals surface area contributed by atoms with Gasteiger partial charge in [0, 0.05) is 12.4 Å². The average molecular weight is 435 g/mol. The number of aromatic nitrogens is 6. The van der Waals surface area contributed by atoms with Crippen LogP contribution in [0.3, 0.4) is 0 Å². The SMILES string of the molecule is FC(F)(F)c1cnc(Nc2ncc(-c3nnc4ccccn34)s2)nc1OC1COC1. The molecule has 13 heteroatoms. The maximum Gasteiger partial charge on any atom is 0.423 e. The Morgan fingerprint density at radius 1 is 1.17 bits per heavy atom. The van der Waals surface area contributed by atoms with Crippen LogP contribution in [0.4, 0.5) is 24.3 Å². The molecule has 1 N–H and O–H groups in total. The van der Waals surface area contributed by atoms with Crippen LogP contribution in [0.1, 0.15) is 5.56 Å². The molecule has 0 aromatic carbocycles. The maximum atomic E-state index is 13.2. The van der Waals surface area contributed by atoms with Gasteiger partial charge in [-0.3, -0.25) is 9.72 Å². The minimum Gasteiger partial charge on any atom is -0.469 e. The minimum atomic E-state index is -4.64. The van der Waals surface area contributed by atoms with Crippen LogP contribution in [0, 0.1) is 0 Å². The van der Waals surface area contributed by atoms with Gasteiger partial charge in [0.15, 0.2) is 16.6 Å². The number of ether oxygens (including phenoxy) is 2. The molecule has 4 aromatic rings. The molecule has 0 unspecified atom stereocenters. The molecule has 0 aliphatic carbocycles. The molecule has 0 bridgehead atoms. The summed E-state index contributed by atoms with van der Waals surface area (Å²) in [4.78, 5) is 12.6. The first-order chi connectivity index (χ1) is 14.5. The topological polar surface area (TPSA) is 99.4 Å². The molecule has 4 aromatic heterocycles. The number of pyridine rings is 1. The molecular weight excluding hydrogens is 423 g/mol. The van der Waals surface area contributed by atoms with Crippen molar-refractivity contribution in [2.24, 2.45) is 0 Å². The number of alkyl halides is 3. The lowest BCUT2D eigenvalue weighted by Crippen LogP contribution is -2.39. The van der Waals surface area contributed by atoms with E-state index in [0.717, 1.165) is 0 Å². The summed E-state index contributed by atoms with van der Waals surface area (Å²) >= 11 is 1.24. The van der Waals surface area contributed by atoms with Crippen molar-refractivity contribution in [3.05, 3.63) is 42.4 Å². The van der Waals surface area contributed by atoms with E-state index in [-0.39, 0.29) is 19.2 Å². The van der Waals surface area contributed by atoms with Crippen LogP contribution in [0.5, 0.6) is 5.88 Å². The van der Waals surface area contributed by atoms with Crippen LogP contribution >= 0.6 is 11.3 Å². The number of anilines is 2. The fraction of sp³-hybridized carbons (Fsp3) is 0.235. The molecule has 0 atom stereocenters. The van der Waals surface area contributed by atoms with Crippen LogP contribution in [0.15, 0.2) is 36.8 Å². The number of nitrogens with zero attached hydrogens (tertiary/aromatic N) is 6. The lowest BCUT2D eigenvalue weighted by atomic mass is 10.3. The minimum absolute atomic E-state index is 0.0646. The van der Waals surface area contributed by atoms with Gasteiger partial charge in [0.25, 0.3) is 0 Å². The van der Waals surface area contributed by atoms with E-state index < -0.39 is 23.7 Å². The number of thiazole rings is 1. The fourth-order valence-electron chi connectivity index (χ4n) is 2.69. The largest absolute Gasteiger partial charge is 0.469 e. The Morgan fingerprint density at radius 3 is 2.80 bits per heavy atom. The van der Waals surface area contributed by atoms with Crippen molar-refractivity contribution in [2.45, 2.75) is 12.3 Å². The molecule has 1 aliphatic heterocycles. The van der Waals surface area contributed by atoms with Gasteiger partial charge in [0.05, 0.1) is 24.3 Å². The van der Waals surface area contributed by atoms with Gasteiger partial charge in [-0.25, -0.2) is 9.97 Å². The maximum absolute atomic E-state index is 13.2. The van der Waals surface area contributed by atoms with Crippen molar-refractivity contribution in [1.29, 1.82) is 0 Å². The van der Waals surface area contributed by atoms with Crippen LogP contribution < -0.4 is 10.1 Å². The normalized spacial score (nSPS) is 14.6. The van der Waals surface area contributed by atoms with E-state index in [1.165, 1.54) is 11.3 Å². The third-order valence-corrected chi connectivity index (χ3v) is 5.11. The lowest BCUT2D eigenvalue weighted by molar-refractivity contribution is -0.142. The number of hydrogen-bond acceptors (Lipinski definition) is 9. The molecule has 0 amide bonds. The zero-order valence-electron chi connectivity index (χ0n) is 15.0. The van der Waals surface area contributed by atoms with E-state index in [1.807, 2.05) is 24.4 Å². The predicted octanol–water partition coefficient (Wildman–Crippen LogP) is 3.18. The molecule has 9 nitrogen and oxygen atoms in total. The molecule has 1 fully saturated rings. The van der Waals surface area contributed by atoms with Gasteiger partial charge in [-0.15, -0.1) is 10.2 Å². The smallest absolute Gasteiger partial charge is 0.423 e. The Labute approximate surface area is 170 Å². The number of hydrogen-bond donors (Lipinski definition) is 1. The van der Waals surface area contributed by atoms with E-state index in [0.29, 0.717) is 27.7 Å². The molecule has 5 rings (SSSR count). The number of rotatable bonds is 5. The van der Waals surface area contributed by atoms with Gasteiger partial charge >= 0.3 is 6.18 Å². The summed E-state index contributed by atoms with van der Waals surface area (Å²) in [6, 6.07) is 5.52. The van der Waals surface area contributed by atoms with Gasteiger partial charge in [-0.2, -0.15) is 18.2 Å². The van der Waals surface area contributed by atoms with Gasteiger partial charge in [0.2, 0.25) is 11.8 Å². The fourth-order valence-corrected chi connectivity index (χ4v) is 3.48. The molecular formula is C17H12F3N7O2S. The summed E-state index contributed by atoms with van der Waals surface area (Å²) in [5.74, 6) is -0.0164. The molecule has 0 saturated carbocycles. The zero-order chi connectivity index (χ0) is 20.7. The summed E-state index contributed by atoms with van der Waals surface area (Å²) in [5, 5.41) is 11.4. The Bertz CT molecular complexity index is 1210. The lowest BCUT2D eigenvalue weighted by Gasteiger charge is -2.27. The Hall–Kier alpha value is -3.32. The average Bonchev–Trinajstić information content (AvgIpc) is 3.30. The number of halogens is 3. The Balaban J connectivity index is 1.41. The highest BCUT2D eigenvalue weighted by atomic mass is 32.1. The summed E-state index contributed by atoms with van der Waals surface area (Å²) in [7, 11) is 0. The van der Waals surface area contributed by atoms with E-state index in [1.54, 1.807) is 10.6 Å². The number of nitrogens with one attached hydrogen (secondary N) is 1. The molecule has 154 valence electrons. The highest BCUT2D eigenvalue weighted by molar-refractivity contribution is 7.18. The molecule has 1 aliphatic rings. The van der Waals surface area contributed by atoms with E-state index in [4.69, 9.17) is 9.47 Å². The van der Waals surface area contributed by atoms with Crippen LogP contribution in [0.2, 0.25) is 0 Å². The summed E-state index contributed by atoms with van der Waals surface area (Å²) in [5.41, 5.74) is -0.363. The van der Waals surface area contributed by atoms with E-state index in [2.05, 4.69) is 30.5 Å². The van der Waals surface area contributed by atoms with Crippen molar-refractivity contribution in [3.63, 3.8) is 0 Å². The van der Waals surface area contributed by atoms with Crippen molar-refractivity contribution in [3.8, 4) is 16.6 Å². The standard InChI is InChI=1S/C17H12F3N7O2S/c18-17(19,20)10-5-21-15(23-14(10)29-9-7-28-8-9)24-16-22-6-11(30-16)13-26-25-12-3-1-2-4-27(12)13/h1-6,9H,7-8H2,(H,21,22,23,24). The van der Waals surface area contributed by atoms with Gasteiger partial charge < -0.3 is 9.47 Å². The first kappa shape index (κ1) is 18.7. The summed E-state index contributed by atoms with van der Waals surface area (Å²) in [6.07, 6.45) is -1.01. The molecule has 30 heavy (non-hydrogen) atoms. The first-order valence-electron chi connectivity index (χ1n) is 8.69. The monoisotopic (exact) mass is 435 g/mol. The quantitative estimate of drug-likeness (QED) is 0.510. The number of fused-ring (bicyclic) bond motifs is 1. The molecule has 0 spiro atoms. The Kier molecular flexibility index (Phi) is 4.47. The van der Waals surface area contributed by atoms with Gasteiger partial charge in [0.1, 0.15) is 11.7 Å². The molecule has 0 radical (unpaired) electrons. The van der Waals surface area contributed by atoms with Crippen molar-refractivity contribution in [2.75, 3.05) is 18.5 Å². The third-order valence-electron chi connectivity index (χ3n) is 4.20. The second-order valence-electron chi connectivity index (χ2n) is 6.29. The zero-order valence-corrected chi connectivity index (χ0v) is 15.8. The van der Waals surface area contributed by atoms with Gasteiger partial charge in [-0.05, 0) is 12.1 Å². The Morgan fingerprint density at radius 2 is 2.03 bits per heavy atom. The van der Waals surface area contributed by atoms with Crippen molar-refractivity contribution < 1.29 is 22.6 Å². The van der Waals surface area contributed by atoms with E-state index >= 15 is 0 Å². The van der Waals surface area contributed by atoms with E-state index in [9.17, 15) is 13.2 Å². The predicted molar refractivity (Wildman–Crippen MR) is 99.6 cm³/mol. The van der Waals surface area contributed by atoms with Crippen LogP contribution in [0.25, 0.3) is 16.3 Å². The second-order valence-corrected chi connectivity index (χ2v) is 7.33. The highest BCUT2D eigenvalue weighted by Gasteiger charge is 2.37. The van der Waals surface area contributed by atoms with Crippen LogP contribution in [-0.4, -0.2) is 48.9 Å². The molecule has 5 heterocycles.